The molecule has 2 aromatic rings. The molecule has 0 aliphatic carbocycles. The number of para-hydroxylation sites is 1. The van der Waals surface area contributed by atoms with Crippen LogP contribution in [-0.4, -0.2) is 11.7 Å². The summed E-state index contributed by atoms with van der Waals surface area (Å²) < 4.78 is 0. The average Bonchev–Trinajstić information content (AvgIpc) is 2.44. The molecule has 1 N–H and O–H groups in total. The number of Topliss-reactive ketones (excluding diaryl/α,β-unsaturated/α-hetero) is 1. The highest BCUT2D eigenvalue weighted by atomic mass is 35.5. The molecule has 0 amide bonds. The van der Waals surface area contributed by atoms with E-state index in [1.807, 2.05) is 30.3 Å². The highest BCUT2D eigenvalue weighted by Gasteiger charge is 2.23. The van der Waals surface area contributed by atoms with Crippen LogP contribution in [0.2, 0.25) is 5.02 Å². The monoisotopic (exact) mass is 309 g/mol. The molecule has 19 heavy (non-hydrogen) atoms. The number of fused-ring (bicyclic) bond motifs is 2. The van der Waals surface area contributed by atoms with E-state index < -0.39 is 0 Å². The van der Waals surface area contributed by atoms with Crippen LogP contribution in [0.25, 0.3) is 0 Å². The van der Waals surface area contributed by atoms with Gasteiger partial charge >= 0.3 is 0 Å². The van der Waals surface area contributed by atoms with Crippen LogP contribution >= 0.6 is 35.0 Å². The predicted molar refractivity (Wildman–Crippen MR) is 80.4 cm³/mol. The fraction of sp³-hybridized carbons (Fsp3) is 0.0714. The molecule has 0 saturated carbocycles. The molecular weight excluding hydrogens is 301 g/mol. The van der Waals surface area contributed by atoms with Crippen LogP contribution < -0.4 is 5.32 Å². The van der Waals surface area contributed by atoms with Crippen molar-refractivity contribution in [1.29, 1.82) is 0 Å². The van der Waals surface area contributed by atoms with Gasteiger partial charge in [-0.15, -0.1) is 11.6 Å². The van der Waals surface area contributed by atoms with Crippen molar-refractivity contribution in [3.8, 4) is 0 Å². The zero-order valence-electron chi connectivity index (χ0n) is 9.74. The molecule has 0 spiro atoms. The van der Waals surface area contributed by atoms with Crippen molar-refractivity contribution in [2.75, 3.05) is 11.2 Å². The molecule has 1 heterocycles. The molecule has 1 aliphatic heterocycles. The van der Waals surface area contributed by atoms with Gasteiger partial charge in [0.05, 0.1) is 27.8 Å². The zero-order chi connectivity index (χ0) is 13.4. The van der Waals surface area contributed by atoms with Gasteiger partial charge in [-0.25, -0.2) is 0 Å². The Hall–Kier alpha value is -1.16. The summed E-state index contributed by atoms with van der Waals surface area (Å²) in [5.41, 5.74) is 2.20. The number of anilines is 2. The van der Waals surface area contributed by atoms with E-state index in [2.05, 4.69) is 5.32 Å². The van der Waals surface area contributed by atoms with Crippen molar-refractivity contribution >= 4 is 52.1 Å². The number of benzene rings is 2. The van der Waals surface area contributed by atoms with Crippen molar-refractivity contribution in [1.82, 2.24) is 0 Å². The van der Waals surface area contributed by atoms with E-state index in [0.29, 0.717) is 10.6 Å². The average molecular weight is 310 g/mol. The standard InChI is InChI=1S/C14H9Cl2NOS/c15-7-10(18)13-8(16)5-6-12-14(13)17-9-3-1-2-4-11(9)19-12/h1-6,17H,7H2. The van der Waals surface area contributed by atoms with Gasteiger partial charge in [-0.3, -0.25) is 4.79 Å². The van der Waals surface area contributed by atoms with Gasteiger partial charge in [-0.05, 0) is 24.3 Å². The number of nitrogens with one attached hydrogen (secondary N) is 1. The Morgan fingerprint density at radius 2 is 1.95 bits per heavy atom. The van der Waals surface area contributed by atoms with Crippen molar-refractivity contribution in [2.45, 2.75) is 9.79 Å². The molecule has 2 nitrogen and oxygen atoms in total. The number of alkyl halides is 1. The summed E-state index contributed by atoms with van der Waals surface area (Å²) in [6.07, 6.45) is 0. The van der Waals surface area contributed by atoms with Crippen molar-refractivity contribution in [3.05, 3.63) is 47.0 Å². The summed E-state index contributed by atoms with van der Waals surface area (Å²) in [7, 11) is 0. The Labute approximate surface area is 125 Å². The third kappa shape index (κ3) is 2.22. The Bertz CT molecular complexity index is 672. The molecule has 0 saturated heterocycles. The molecule has 0 atom stereocenters. The first kappa shape index (κ1) is 12.9. The number of hydrogen-bond donors (Lipinski definition) is 1. The lowest BCUT2D eigenvalue weighted by Crippen LogP contribution is -2.09. The number of carbonyl (C=O) groups excluding carboxylic acids is 1. The van der Waals surface area contributed by atoms with Gasteiger partial charge < -0.3 is 5.32 Å². The first-order valence-corrected chi connectivity index (χ1v) is 7.39. The van der Waals surface area contributed by atoms with Gasteiger partial charge in [-0.1, -0.05) is 35.5 Å². The second kappa shape index (κ2) is 5.08. The van der Waals surface area contributed by atoms with Gasteiger partial charge in [0.15, 0.2) is 5.78 Å². The summed E-state index contributed by atoms with van der Waals surface area (Å²) in [6.45, 7) is 0. The number of halogens is 2. The molecule has 2 aromatic carbocycles. The summed E-state index contributed by atoms with van der Waals surface area (Å²) in [4.78, 5) is 14.1. The molecule has 3 rings (SSSR count). The topological polar surface area (TPSA) is 29.1 Å². The number of hydrogen-bond acceptors (Lipinski definition) is 3. The molecule has 0 bridgehead atoms. The second-order valence-electron chi connectivity index (χ2n) is 4.08. The second-order valence-corrected chi connectivity index (χ2v) is 5.83. The maximum absolute atomic E-state index is 12.0. The predicted octanol–water partition coefficient (Wildman–Crippen LogP) is 4.97. The minimum Gasteiger partial charge on any atom is -0.353 e. The lowest BCUT2D eigenvalue weighted by atomic mass is 10.1. The lowest BCUT2D eigenvalue weighted by Gasteiger charge is -2.23. The van der Waals surface area contributed by atoms with Crippen LogP contribution in [0.15, 0.2) is 46.2 Å². The van der Waals surface area contributed by atoms with E-state index in [9.17, 15) is 4.79 Å². The van der Waals surface area contributed by atoms with Crippen LogP contribution in [0.4, 0.5) is 11.4 Å². The van der Waals surface area contributed by atoms with E-state index in [4.69, 9.17) is 23.2 Å². The summed E-state index contributed by atoms with van der Waals surface area (Å²) in [5, 5.41) is 3.71. The van der Waals surface area contributed by atoms with E-state index in [1.54, 1.807) is 17.8 Å². The van der Waals surface area contributed by atoms with Gasteiger partial charge in [0.25, 0.3) is 0 Å². The van der Waals surface area contributed by atoms with Crippen molar-refractivity contribution in [3.63, 3.8) is 0 Å². The first-order valence-electron chi connectivity index (χ1n) is 5.66. The quantitative estimate of drug-likeness (QED) is 0.535. The van der Waals surface area contributed by atoms with Crippen molar-refractivity contribution < 1.29 is 4.79 Å². The maximum atomic E-state index is 12.0. The van der Waals surface area contributed by atoms with E-state index in [-0.39, 0.29) is 11.7 Å². The lowest BCUT2D eigenvalue weighted by molar-refractivity contribution is 0.102. The highest BCUT2D eigenvalue weighted by Crippen LogP contribution is 2.46. The van der Waals surface area contributed by atoms with Crippen LogP contribution in [-0.2, 0) is 0 Å². The molecule has 0 aromatic heterocycles. The molecule has 0 unspecified atom stereocenters. The number of ketones is 1. The van der Waals surface area contributed by atoms with Crippen molar-refractivity contribution in [2.24, 2.45) is 0 Å². The Morgan fingerprint density at radius 3 is 2.74 bits per heavy atom. The zero-order valence-corrected chi connectivity index (χ0v) is 12.1. The summed E-state index contributed by atoms with van der Waals surface area (Å²) in [6, 6.07) is 11.6. The molecular formula is C14H9Cl2NOS. The van der Waals surface area contributed by atoms with Crippen LogP contribution in [0.3, 0.4) is 0 Å². The maximum Gasteiger partial charge on any atom is 0.181 e. The largest absolute Gasteiger partial charge is 0.353 e. The number of carbonyl (C=O) groups is 1. The normalized spacial score (nSPS) is 12.3. The molecule has 96 valence electrons. The minimum atomic E-state index is -0.170. The fourth-order valence-corrected chi connectivity index (χ4v) is 3.42. The van der Waals surface area contributed by atoms with Crippen LogP contribution in [0.5, 0.6) is 0 Å². The summed E-state index contributed by atoms with van der Waals surface area (Å²) in [5.74, 6) is -0.250. The molecule has 5 heteroatoms. The van der Waals surface area contributed by atoms with Gasteiger partial charge in [-0.2, -0.15) is 0 Å². The number of rotatable bonds is 2. The van der Waals surface area contributed by atoms with E-state index >= 15 is 0 Å². The molecule has 1 aliphatic rings. The fourth-order valence-electron chi connectivity index (χ4n) is 2.02. The Morgan fingerprint density at radius 1 is 1.16 bits per heavy atom. The molecule has 0 fully saturated rings. The Balaban J connectivity index is 2.15. The first-order chi connectivity index (χ1) is 9.20. The van der Waals surface area contributed by atoms with E-state index in [0.717, 1.165) is 21.2 Å². The van der Waals surface area contributed by atoms with Gasteiger partial charge in [0.1, 0.15) is 0 Å². The molecule has 0 radical (unpaired) electrons. The SMILES string of the molecule is O=C(CCl)c1c(Cl)ccc2c1Nc1ccccc1S2. The van der Waals surface area contributed by atoms with Crippen LogP contribution in [0.1, 0.15) is 10.4 Å². The van der Waals surface area contributed by atoms with Crippen LogP contribution in [0, 0.1) is 0 Å². The third-order valence-electron chi connectivity index (χ3n) is 2.88. The minimum absolute atomic E-state index is 0.0792. The van der Waals surface area contributed by atoms with Gasteiger partial charge in [0, 0.05) is 9.79 Å². The smallest absolute Gasteiger partial charge is 0.181 e. The highest BCUT2D eigenvalue weighted by molar-refractivity contribution is 7.99. The summed E-state index contributed by atoms with van der Waals surface area (Å²) >= 11 is 13.4. The third-order valence-corrected chi connectivity index (χ3v) is 4.58. The van der Waals surface area contributed by atoms with E-state index in [1.165, 1.54) is 0 Å². The Kier molecular flexibility index (Phi) is 3.44. The van der Waals surface area contributed by atoms with Gasteiger partial charge in [0.2, 0.25) is 0 Å².